The Kier molecular flexibility index (Phi) is 7.25. The molecular weight excluding hydrogens is 663 g/mol. The molecule has 11 rings (SSSR count). The molecule has 0 saturated carbocycles. The van der Waals surface area contributed by atoms with Crippen LogP contribution in [0.5, 0.6) is 0 Å². The zero-order valence-electron chi connectivity index (χ0n) is 30.2. The predicted octanol–water partition coefficient (Wildman–Crippen LogP) is 15.4. The Balaban J connectivity index is 1.06. The second-order valence-electron chi connectivity index (χ2n) is 14.5. The summed E-state index contributed by atoms with van der Waals surface area (Å²) >= 11 is 0. The minimum Gasteiger partial charge on any atom is -0.310 e. The van der Waals surface area contributed by atoms with Gasteiger partial charge in [0.05, 0.1) is 0 Å². The van der Waals surface area contributed by atoms with Crippen LogP contribution in [0.1, 0.15) is 0 Å². The van der Waals surface area contributed by atoms with E-state index >= 15 is 0 Å². The third-order valence-corrected chi connectivity index (χ3v) is 11.4. The molecule has 0 fully saturated rings. The van der Waals surface area contributed by atoms with Gasteiger partial charge in [0.2, 0.25) is 0 Å². The normalized spacial score (nSPS) is 11.6. The van der Waals surface area contributed by atoms with Crippen molar-refractivity contribution in [2.24, 2.45) is 0 Å². The van der Waals surface area contributed by atoms with Gasteiger partial charge in [-0.1, -0.05) is 170 Å². The first-order valence-corrected chi connectivity index (χ1v) is 19.0. The fourth-order valence-corrected chi connectivity index (χ4v) is 8.73. The van der Waals surface area contributed by atoms with Gasteiger partial charge in [0, 0.05) is 17.1 Å². The second kappa shape index (κ2) is 12.7. The molecule has 11 aromatic carbocycles. The second-order valence-corrected chi connectivity index (χ2v) is 14.5. The lowest BCUT2D eigenvalue weighted by molar-refractivity contribution is 1.29. The summed E-state index contributed by atoms with van der Waals surface area (Å²) in [5, 5.41) is 15.2. The molecule has 0 amide bonds. The Hall–Kier alpha value is -7.22. The molecule has 0 aromatic heterocycles. The van der Waals surface area contributed by atoms with Crippen molar-refractivity contribution in [2.45, 2.75) is 0 Å². The molecule has 0 aliphatic rings. The first-order chi connectivity index (χ1) is 27.3. The Morgan fingerprint density at radius 1 is 0.218 bits per heavy atom. The van der Waals surface area contributed by atoms with Crippen molar-refractivity contribution in [3.63, 3.8) is 0 Å². The first-order valence-electron chi connectivity index (χ1n) is 19.0. The van der Waals surface area contributed by atoms with Gasteiger partial charge in [-0.15, -0.1) is 0 Å². The van der Waals surface area contributed by atoms with Crippen LogP contribution in [0.2, 0.25) is 0 Å². The monoisotopic (exact) mass is 697 g/mol. The molecule has 0 spiro atoms. The van der Waals surface area contributed by atoms with E-state index in [-0.39, 0.29) is 0 Å². The largest absolute Gasteiger partial charge is 0.310 e. The minimum absolute atomic E-state index is 1.11. The molecule has 0 radical (unpaired) electrons. The fourth-order valence-electron chi connectivity index (χ4n) is 8.73. The molecule has 256 valence electrons. The van der Waals surface area contributed by atoms with Crippen LogP contribution in [-0.4, -0.2) is 0 Å². The maximum absolute atomic E-state index is 2.40. The topological polar surface area (TPSA) is 3.24 Å². The van der Waals surface area contributed by atoms with Crippen LogP contribution in [0.3, 0.4) is 0 Å². The highest BCUT2D eigenvalue weighted by molar-refractivity contribution is 6.25. The third-order valence-electron chi connectivity index (χ3n) is 11.4. The Morgan fingerprint density at radius 3 is 1.31 bits per heavy atom. The summed E-state index contributed by atoms with van der Waals surface area (Å²) in [6.45, 7) is 0. The number of hydrogen-bond acceptors (Lipinski definition) is 1. The van der Waals surface area contributed by atoms with Crippen molar-refractivity contribution in [1.82, 2.24) is 0 Å². The molecule has 0 unspecified atom stereocenters. The van der Waals surface area contributed by atoms with Crippen molar-refractivity contribution in [3.05, 3.63) is 212 Å². The SMILES string of the molecule is c1ccc2c(-c3ccc(N(c4ccc(-c5ccc6ccc7ccccc7c6c5)cc4)c4ccc5c6ccccc6c6ccccc6c5c4)cc3)cccc2c1. The predicted molar refractivity (Wildman–Crippen MR) is 237 cm³/mol. The van der Waals surface area contributed by atoms with Gasteiger partial charge in [-0.25, -0.2) is 0 Å². The van der Waals surface area contributed by atoms with Crippen LogP contribution in [0.25, 0.3) is 86.9 Å². The number of anilines is 3. The van der Waals surface area contributed by atoms with Crippen LogP contribution >= 0.6 is 0 Å². The molecule has 0 heterocycles. The Bertz CT molecular complexity index is 3210. The van der Waals surface area contributed by atoms with Gasteiger partial charge in [-0.05, 0) is 129 Å². The number of nitrogens with zero attached hydrogens (tertiary/aromatic N) is 1. The lowest BCUT2D eigenvalue weighted by Gasteiger charge is -2.27. The zero-order chi connectivity index (χ0) is 36.3. The molecule has 0 bridgehead atoms. The van der Waals surface area contributed by atoms with Crippen molar-refractivity contribution < 1.29 is 0 Å². The number of rotatable bonds is 5. The number of hydrogen-bond donors (Lipinski definition) is 0. The first kappa shape index (κ1) is 31.3. The summed E-state index contributed by atoms with van der Waals surface area (Å²) in [6, 6.07) is 77.8. The smallest absolute Gasteiger partial charge is 0.0468 e. The quantitative estimate of drug-likeness (QED) is 0.162. The van der Waals surface area contributed by atoms with E-state index in [1.54, 1.807) is 0 Å². The number of fused-ring (bicyclic) bond motifs is 10. The molecule has 0 aliphatic carbocycles. The van der Waals surface area contributed by atoms with Crippen molar-refractivity contribution in [3.8, 4) is 22.3 Å². The van der Waals surface area contributed by atoms with E-state index in [0.717, 1.165) is 17.1 Å². The highest BCUT2D eigenvalue weighted by Crippen LogP contribution is 2.42. The summed E-state index contributed by atoms with van der Waals surface area (Å²) in [5.41, 5.74) is 8.20. The van der Waals surface area contributed by atoms with Crippen molar-refractivity contribution in [1.29, 1.82) is 0 Å². The standard InChI is InChI=1S/C54H35N/c1-3-13-45-37(10-1)12-9-19-46(45)39-26-30-43(31-27-39)55(44-32-33-52-50-17-6-5-15-48(50)49-16-7-8-18-51(49)54(52)35-44)42-28-24-36(25-29-42)41-23-22-40-21-20-38-11-2-4-14-47(38)53(40)34-41/h1-35H. The van der Waals surface area contributed by atoms with Gasteiger partial charge >= 0.3 is 0 Å². The molecule has 1 heteroatoms. The Morgan fingerprint density at radius 2 is 0.655 bits per heavy atom. The van der Waals surface area contributed by atoms with Gasteiger partial charge in [-0.3, -0.25) is 0 Å². The maximum atomic E-state index is 2.40. The highest BCUT2D eigenvalue weighted by Gasteiger charge is 2.17. The van der Waals surface area contributed by atoms with E-state index in [1.807, 2.05) is 0 Å². The molecule has 0 atom stereocenters. The van der Waals surface area contributed by atoms with Crippen LogP contribution in [0.4, 0.5) is 17.1 Å². The van der Waals surface area contributed by atoms with E-state index in [1.165, 1.54) is 86.9 Å². The van der Waals surface area contributed by atoms with Crippen LogP contribution < -0.4 is 4.90 Å². The Labute approximate surface area is 320 Å². The fraction of sp³-hybridized carbons (Fsp3) is 0. The van der Waals surface area contributed by atoms with Crippen LogP contribution in [0, 0.1) is 0 Å². The lowest BCUT2D eigenvalue weighted by atomic mass is 9.94. The summed E-state index contributed by atoms with van der Waals surface area (Å²) in [5.74, 6) is 0. The summed E-state index contributed by atoms with van der Waals surface area (Å²) in [7, 11) is 0. The summed E-state index contributed by atoms with van der Waals surface area (Å²) < 4.78 is 0. The average molecular weight is 698 g/mol. The van der Waals surface area contributed by atoms with Gasteiger partial charge < -0.3 is 4.90 Å². The van der Waals surface area contributed by atoms with Crippen LogP contribution in [0.15, 0.2) is 212 Å². The van der Waals surface area contributed by atoms with E-state index < -0.39 is 0 Å². The highest BCUT2D eigenvalue weighted by atomic mass is 15.1. The molecule has 1 nitrogen and oxygen atoms in total. The van der Waals surface area contributed by atoms with Crippen LogP contribution in [-0.2, 0) is 0 Å². The van der Waals surface area contributed by atoms with E-state index in [0.29, 0.717) is 0 Å². The summed E-state index contributed by atoms with van der Waals surface area (Å²) in [4.78, 5) is 2.40. The third kappa shape index (κ3) is 5.24. The number of benzene rings is 11. The molecule has 11 aromatic rings. The van der Waals surface area contributed by atoms with Gasteiger partial charge in [0.25, 0.3) is 0 Å². The maximum Gasteiger partial charge on any atom is 0.0468 e. The molecule has 0 N–H and O–H groups in total. The van der Waals surface area contributed by atoms with Crippen molar-refractivity contribution in [2.75, 3.05) is 4.90 Å². The van der Waals surface area contributed by atoms with E-state index in [9.17, 15) is 0 Å². The average Bonchev–Trinajstić information content (AvgIpc) is 3.26. The van der Waals surface area contributed by atoms with E-state index in [2.05, 4.69) is 217 Å². The zero-order valence-corrected chi connectivity index (χ0v) is 30.2. The lowest BCUT2D eigenvalue weighted by Crippen LogP contribution is -2.10. The van der Waals surface area contributed by atoms with E-state index in [4.69, 9.17) is 0 Å². The molecular formula is C54H35N. The minimum atomic E-state index is 1.11. The van der Waals surface area contributed by atoms with Gasteiger partial charge in [-0.2, -0.15) is 0 Å². The van der Waals surface area contributed by atoms with Gasteiger partial charge in [0.15, 0.2) is 0 Å². The molecule has 55 heavy (non-hydrogen) atoms. The molecule has 0 aliphatic heterocycles. The van der Waals surface area contributed by atoms with Crippen molar-refractivity contribution >= 4 is 81.7 Å². The summed E-state index contributed by atoms with van der Waals surface area (Å²) in [6.07, 6.45) is 0. The molecule has 0 saturated heterocycles. The van der Waals surface area contributed by atoms with Gasteiger partial charge in [0.1, 0.15) is 0 Å².